The Hall–Kier alpha value is -3.28. The molecular formula is C27H30N2O4. The Morgan fingerprint density at radius 3 is 1.97 bits per heavy atom. The van der Waals surface area contributed by atoms with E-state index in [1.807, 2.05) is 18.2 Å². The summed E-state index contributed by atoms with van der Waals surface area (Å²) < 4.78 is 10.4. The average Bonchev–Trinajstić information content (AvgIpc) is 3.06. The Kier molecular flexibility index (Phi) is 6.45. The number of aromatic nitrogens is 2. The number of hydrogen-bond donors (Lipinski definition) is 0. The highest BCUT2D eigenvalue weighted by atomic mass is 16.5. The van der Waals surface area contributed by atoms with Crippen molar-refractivity contribution < 1.29 is 19.1 Å². The lowest BCUT2D eigenvalue weighted by atomic mass is 9.73. The van der Waals surface area contributed by atoms with Gasteiger partial charge in [0.15, 0.2) is 0 Å². The molecule has 2 aromatic carbocycles. The largest absolute Gasteiger partial charge is 0.466 e. The van der Waals surface area contributed by atoms with Crippen LogP contribution in [0.3, 0.4) is 0 Å². The average molecular weight is 447 g/mol. The van der Waals surface area contributed by atoms with E-state index in [0.717, 1.165) is 39.1 Å². The summed E-state index contributed by atoms with van der Waals surface area (Å²) in [5.41, 5.74) is 7.08. The van der Waals surface area contributed by atoms with Gasteiger partial charge in [0.2, 0.25) is 0 Å². The fourth-order valence-corrected chi connectivity index (χ4v) is 4.80. The molecule has 33 heavy (non-hydrogen) atoms. The van der Waals surface area contributed by atoms with Crippen molar-refractivity contribution in [1.29, 1.82) is 0 Å². The Morgan fingerprint density at radius 1 is 0.848 bits per heavy atom. The molecular weight excluding hydrogens is 416 g/mol. The Bertz CT molecular complexity index is 1200. The van der Waals surface area contributed by atoms with Gasteiger partial charge in [-0.3, -0.25) is 9.59 Å². The first-order valence-electron chi connectivity index (χ1n) is 11.6. The summed E-state index contributed by atoms with van der Waals surface area (Å²) in [5.74, 6) is -0.502. The lowest BCUT2D eigenvalue weighted by Gasteiger charge is -2.30. The van der Waals surface area contributed by atoms with Crippen LogP contribution in [0.15, 0.2) is 36.4 Å². The molecule has 1 aliphatic rings. The molecule has 1 heterocycles. The molecule has 0 N–H and O–H groups in total. The fourth-order valence-electron chi connectivity index (χ4n) is 4.80. The third-order valence-corrected chi connectivity index (χ3v) is 6.55. The van der Waals surface area contributed by atoms with Crippen molar-refractivity contribution in [2.45, 2.75) is 58.8 Å². The Balaban J connectivity index is 1.88. The normalized spacial score (nSPS) is 13.5. The molecule has 0 bridgehead atoms. The molecule has 0 saturated heterocycles. The van der Waals surface area contributed by atoms with Crippen LogP contribution >= 0.6 is 0 Å². The number of rotatable bonds is 8. The second kappa shape index (κ2) is 9.30. The van der Waals surface area contributed by atoms with Crippen LogP contribution in [0.1, 0.15) is 61.9 Å². The minimum absolute atomic E-state index is 0.233. The van der Waals surface area contributed by atoms with Gasteiger partial charge < -0.3 is 9.47 Å². The zero-order valence-electron chi connectivity index (χ0n) is 19.7. The first kappa shape index (κ1) is 22.9. The molecule has 1 aromatic heterocycles. The van der Waals surface area contributed by atoms with Gasteiger partial charge in [-0.15, -0.1) is 0 Å². The van der Waals surface area contributed by atoms with Crippen LogP contribution in [-0.2, 0) is 24.5 Å². The lowest BCUT2D eigenvalue weighted by molar-refractivity contribution is -0.143. The molecule has 0 atom stereocenters. The van der Waals surface area contributed by atoms with Crippen LogP contribution in [0.25, 0.3) is 22.3 Å². The van der Waals surface area contributed by atoms with Crippen LogP contribution in [-0.4, -0.2) is 35.1 Å². The van der Waals surface area contributed by atoms with Gasteiger partial charge in [-0.1, -0.05) is 24.3 Å². The van der Waals surface area contributed by atoms with Gasteiger partial charge in [0, 0.05) is 23.8 Å². The Labute approximate surface area is 194 Å². The predicted molar refractivity (Wildman–Crippen MR) is 127 cm³/mol. The lowest BCUT2D eigenvalue weighted by Crippen LogP contribution is -2.29. The van der Waals surface area contributed by atoms with E-state index in [9.17, 15) is 9.59 Å². The summed E-state index contributed by atoms with van der Waals surface area (Å²) in [6.07, 6.45) is 1.44. The third-order valence-electron chi connectivity index (χ3n) is 6.55. The molecule has 4 rings (SSSR count). The van der Waals surface area contributed by atoms with Crippen LogP contribution in [0, 0.1) is 13.8 Å². The van der Waals surface area contributed by atoms with E-state index < -0.39 is 5.41 Å². The van der Waals surface area contributed by atoms with Gasteiger partial charge in [0.25, 0.3) is 0 Å². The van der Waals surface area contributed by atoms with E-state index in [2.05, 4.69) is 32.0 Å². The molecule has 0 amide bonds. The molecule has 6 nitrogen and oxygen atoms in total. The smallest absolute Gasteiger partial charge is 0.305 e. The highest BCUT2D eigenvalue weighted by Gasteiger charge is 2.46. The Morgan fingerprint density at radius 2 is 1.39 bits per heavy atom. The van der Waals surface area contributed by atoms with Gasteiger partial charge in [0.05, 0.1) is 35.6 Å². The molecule has 1 aliphatic carbocycles. The summed E-state index contributed by atoms with van der Waals surface area (Å²) in [6.45, 7) is 8.41. The van der Waals surface area contributed by atoms with Crippen molar-refractivity contribution in [2.75, 3.05) is 13.2 Å². The maximum Gasteiger partial charge on any atom is 0.305 e. The molecule has 172 valence electrons. The summed E-state index contributed by atoms with van der Waals surface area (Å²) in [6, 6.07) is 12.2. The summed E-state index contributed by atoms with van der Waals surface area (Å²) in [4.78, 5) is 34.8. The van der Waals surface area contributed by atoms with Crippen molar-refractivity contribution in [3.8, 4) is 11.3 Å². The van der Waals surface area contributed by atoms with E-state index in [0.29, 0.717) is 26.1 Å². The summed E-state index contributed by atoms with van der Waals surface area (Å²) in [7, 11) is 0. The van der Waals surface area contributed by atoms with Crippen LogP contribution < -0.4 is 0 Å². The second-order valence-electron chi connectivity index (χ2n) is 8.58. The molecule has 0 saturated carbocycles. The number of esters is 2. The number of nitrogens with zero attached hydrogens (tertiary/aromatic N) is 2. The van der Waals surface area contributed by atoms with E-state index in [1.54, 1.807) is 13.8 Å². The fraction of sp³-hybridized carbons (Fsp3) is 0.407. The zero-order chi connectivity index (χ0) is 23.6. The van der Waals surface area contributed by atoms with Crippen molar-refractivity contribution in [3.63, 3.8) is 0 Å². The summed E-state index contributed by atoms with van der Waals surface area (Å²) in [5, 5.41) is 0. The number of benzene rings is 2. The number of hydrogen-bond acceptors (Lipinski definition) is 6. The second-order valence-corrected chi connectivity index (χ2v) is 8.58. The van der Waals surface area contributed by atoms with Crippen LogP contribution in [0.5, 0.6) is 0 Å². The SMILES string of the molecule is CCOC(=O)CCC1(CCC(=O)OCC)c2ccccc2-c2nc3cc(C)c(C)cc3nc21. The van der Waals surface area contributed by atoms with Gasteiger partial charge in [-0.2, -0.15) is 0 Å². The van der Waals surface area contributed by atoms with Crippen LogP contribution in [0.2, 0.25) is 0 Å². The van der Waals surface area contributed by atoms with Gasteiger partial charge >= 0.3 is 11.9 Å². The number of carbonyl (C=O) groups excluding carboxylic acids is 2. The summed E-state index contributed by atoms with van der Waals surface area (Å²) >= 11 is 0. The molecule has 0 fully saturated rings. The third kappa shape index (κ3) is 4.22. The molecule has 6 heteroatoms. The molecule has 0 spiro atoms. The standard InChI is InChI=1S/C27H30N2O4/c1-5-32-23(30)11-13-27(14-12-24(31)33-6-2)20-10-8-7-9-19(20)25-26(27)29-22-16-18(4)17(3)15-21(22)28-25/h7-10,15-16H,5-6,11-14H2,1-4H3. The van der Waals surface area contributed by atoms with Crippen molar-refractivity contribution in [2.24, 2.45) is 0 Å². The van der Waals surface area contributed by atoms with E-state index in [4.69, 9.17) is 19.4 Å². The van der Waals surface area contributed by atoms with Crippen molar-refractivity contribution >= 4 is 23.0 Å². The number of fused-ring (bicyclic) bond motifs is 4. The minimum atomic E-state index is -0.620. The minimum Gasteiger partial charge on any atom is -0.466 e. The zero-order valence-corrected chi connectivity index (χ0v) is 19.7. The maximum absolute atomic E-state index is 12.4. The van der Waals surface area contributed by atoms with Gasteiger partial charge in [0.1, 0.15) is 0 Å². The first-order chi connectivity index (χ1) is 15.9. The van der Waals surface area contributed by atoms with E-state index >= 15 is 0 Å². The van der Waals surface area contributed by atoms with Crippen LogP contribution in [0.4, 0.5) is 0 Å². The topological polar surface area (TPSA) is 78.4 Å². The molecule has 0 radical (unpaired) electrons. The number of aryl methyl sites for hydroxylation is 2. The number of ether oxygens (including phenoxy) is 2. The van der Waals surface area contributed by atoms with Gasteiger partial charge in [-0.25, -0.2) is 9.97 Å². The van der Waals surface area contributed by atoms with E-state index in [1.165, 1.54) is 5.56 Å². The highest BCUT2D eigenvalue weighted by molar-refractivity contribution is 5.85. The maximum atomic E-state index is 12.4. The van der Waals surface area contributed by atoms with Crippen molar-refractivity contribution in [3.05, 3.63) is 58.8 Å². The molecule has 0 aliphatic heterocycles. The van der Waals surface area contributed by atoms with E-state index in [-0.39, 0.29) is 24.8 Å². The number of carbonyl (C=O) groups is 2. The molecule has 3 aromatic rings. The van der Waals surface area contributed by atoms with Crippen molar-refractivity contribution in [1.82, 2.24) is 9.97 Å². The quantitative estimate of drug-likeness (QED) is 0.443. The highest BCUT2D eigenvalue weighted by Crippen LogP contribution is 2.52. The monoisotopic (exact) mass is 446 g/mol. The first-order valence-corrected chi connectivity index (χ1v) is 11.6. The molecule has 0 unspecified atom stereocenters. The predicted octanol–water partition coefficient (Wildman–Crippen LogP) is 5.20. The van der Waals surface area contributed by atoms with Gasteiger partial charge in [-0.05, 0) is 69.4 Å².